The lowest BCUT2D eigenvalue weighted by molar-refractivity contribution is 0.111. The Labute approximate surface area is 208 Å². The van der Waals surface area contributed by atoms with E-state index >= 15 is 0 Å². The Balaban J connectivity index is 1.57. The number of anilines is 1. The highest BCUT2D eigenvalue weighted by molar-refractivity contribution is 7.92. The van der Waals surface area contributed by atoms with Crippen LogP contribution in [0.5, 0.6) is 0 Å². The highest BCUT2D eigenvalue weighted by Gasteiger charge is 2.27. The average Bonchev–Trinajstić information content (AvgIpc) is 2.89. The molecule has 0 aliphatic carbocycles. The summed E-state index contributed by atoms with van der Waals surface area (Å²) >= 11 is 0. The molecule has 35 heavy (non-hydrogen) atoms. The molecule has 0 amide bonds. The molecule has 0 fully saturated rings. The van der Waals surface area contributed by atoms with Crippen molar-refractivity contribution in [1.29, 1.82) is 0 Å². The SMILES string of the molecule is O=S(=O)(c1ccccc1)N(CC(O)CN(Cc1ccccc1)Cc1ccccc1)c1ccccc1. The quantitative estimate of drug-likeness (QED) is 0.326. The summed E-state index contributed by atoms with van der Waals surface area (Å²) in [6.07, 6.45) is -0.902. The molecule has 0 bridgehead atoms. The van der Waals surface area contributed by atoms with Crippen LogP contribution in [-0.4, -0.2) is 37.6 Å². The second-order valence-corrected chi connectivity index (χ2v) is 10.3. The predicted octanol–water partition coefficient (Wildman–Crippen LogP) is 4.95. The molecule has 0 saturated heterocycles. The molecule has 6 heteroatoms. The summed E-state index contributed by atoms with van der Waals surface area (Å²) in [7, 11) is -3.85. The van der Waals surface area contributed by atoms with E-state index < -0.39 is 16.1 Å². The summed E-state index contributed by atoms with van der Waals surface area (Å²) in [4.78, 5) is 2.34. The van der Waals surface area contributed by atoms with Crippen molar-refractivity contribution in [3.05, 3.63) is 132 Å². The van der Waals surface area contributed by atoms with Gasteiger partial charge in [0.05, 0.1) is 23.2 Å². The Bertz CT molecular complexity index is 1230. The molecule has 4 aromatic carbocycles. The van der Waals surface area contributed by atoms with Crippen LogP contribution in [0.15, 0.2) is 126 Å². The molecule has 0 aromatic heterocycles. The third kappa shape index (κ3) is 6.79. The topological polar surface area (TPSA) is 60.9 Å². The molecular formula is C29H30N2O3S. The molecule has 180 valence electrons. The third-order valence-corrected chi connectivity index (χ3v) is 7.53. The monoisotopic (exact) mass is 486 g/mol. The van der Waals surface area contributed by atoms with Crippen LogP contribution >= 0.6 is 0 Å². The molecule has 1 atom stereocenters. The largest absolute Gasteiger partial charge is 0.390 e. The number of sulfonamides is 1. The normalized spacial score (nSPS) is 12.4. The zero-order chi connectivity index (χ0) is 24.5. The van der Waals surface area contributed by atoms with E-state index in [-0.39, 0.29) is 11.4 Å². The fourth-order valence-electron chi connectivity index (χ4n) is 4.07. The summed E-state index contributed by atoms with van der Waals surface area (Å²) in [6.45, 7) is 1.55. The Morgan fingerprint density at radius 2 is 1.03 bits per heavy atom. The Morgan fingerprint density at radius 3 is 1.51 bits per heavy atom. The maximum absolute atomic E-state index is 13.5. The fourth-order valence-corrected chi connectivity index (χ4v) is 5.59. The van der Waals surface area contributed by atoms with Crippen LogP contribution in [0.4, 0.5) is 5.69 Å². The first-order valence-corrected chi connectivity index (χ1v) is 13.1. The van der Waals surface area contributed by atoms with Gasteiger partial charge in [0.2, 0.25) is 0 Å². The summed E-state index contributed by atoms with van der Waals surface area (Å²) < 4.78 is 28.4. The maximum atomic E-state index is 13.5. The molecule has 0 saturated carbocycles. The van der Waals surface area contributed by atoms with E-state index in [1.807, 2.05) is 42.5 Å². The zero-order valence-corrected chi connectivity index (χ0v) is 20.3. The molecule has 4 aromatic rings. The highest BCUT2D eigenvalue weighted by atomic mass is 32.2. The van der Waals surface area contributed by atoms with E-state index in [1.165, 1.54) is 4.31 Å². The number of aliphatic hydroxyl groups excluding tert-OH is 1. The molecule has 0 aliphatic heterocycles. The minimum Gasteiger partial charge on any atom is -0.390 e. The molecule has 0 aliphatic rings. The van der Waals surface area contributed by atoms with Gasteiger partial charge in [-0.1, -0.05) is 97.1 Å². The van der Waals surface area contributed by atoms with E-state index in [2.05, 4.69) is 29.2 Å². The van der Waals surface area contributed by atoms with E-state index in [1.54, 1.807) is 54.6 Å². The molecule has 1 unspecified atom stereocenters. The van der Waals surface area contributed by atoms with Crippen LogP contribution in [0.2, 0.25) is 0 Å². The van der Waals surface area contributed by atoms with Gasteiger partial charge in [0, 0.05) is 19.6 Å². The van der Waals surface area contributed by atoms with Gasteiger partial charge in [0.25, 0.3) is 10.0 Å². The van der Waals surface area contributed by atoms with Gasteiger partial charge in [0.15, 0.2) is 0 Å². The number of para-hydroxylation sites is 1. The first-order chi connectivity index (χ1) is 17.0. The van der Waals surface area contributed by atoms with Crippen molar-refractivity contribution in [2.24, 2.45) is 0 Å². The number of rotatable bonds is 11. The standard InChI is InChI=1S/C29H30N2O3S/c32-28(23-30(21-25-13-5-1-6-14-25)22-26-15-7-2-8-16-26)24-31(27-17-9-3-10-18-27)35(33,34)29-19-11-4-12-20-29/h1-20,28,32H,21-24H2. The average molecular weight is 487 g/mol. The fraction of sp³-hybridized carbons (Fsp3) is 0.172. The Kier molecular flexibility index (Phi) is 8.32. The van der Waals surface area contributed by atoms with Gasteiger partial charge < -0.3 is 5.11 Å². The second-order valence-electron chi connectivity index (χ2n) is 8.48. The van der Waals surface area contributed by atoms with Gasteiger partial charge in [-0.3, -0.25) is 9.21 Å². The molecule has 4 rings (SSSR count). The minimum absolute atomic E-state index is 0.0542. The van der Waals surface area contributed by atoms with Crippen molar-refractivity contribution in [1.82, 2.24) is 4.90 Å². The van der Waals surface area contributed by atoms with Crippen LogP contribution in [0.3, 0.4) is 0 Å². The van der Waals surface area contributed by atoms with Crippen LogP contribution in [0.25, 0.3) is 0 Å². The minimum atomic E-state index is -3.85. The van der Waals surface area contributed by atoms with Crippen molar-refractivity contribution < 1.29 is 13.5 Å². The molecule has 0 heterocycles. The van der Waals surface area contributed by atoms with Gasteiger partial charge >= 0.3 is 0 Å². The molecule has 0 spiro atoms. The predicted molar refractivity (Wildman–Crippen MR) is 140 cm³/mol. The van der Waals surface area contributed by atoms with Crippen molar-refractivity contribution in [2.45, 2.75) is 24.1 Å². The first kappa shape index (κ1) is 24.7. The summed E-state index contributed by atoms with van der Waals surface area (Å²) in [5.41, 5.74) is 2.79. The highest BCUT2D eigenvalue weighted by Crippen LogP contribution is 2.24. The van der Waals surface area contributed by atoms with Gasteiger partial charge in [-0.25, -0.2) is 8.42 Å². The summed E-state index contributed by atoms with van der Waals surface area (Å²) in [6, 6.07) is 37.4. The van der Waals surface area contributed by atoms with E-state index in [0.29, 0.717) is 25.3 Å². The molecule has 0 radical (unpaired) electrons. The Morgan fingerprint density at radius 1 is 0.600 bits per heavy atom. The smallest absolute Gasteiger partial charge is 0.264 e. The zero-order valence-electron chi connectivity index (χ0n) is 19.5. The van der Waals surface area contributed by atoms with Crippen LogP contribution < -0.4 is 4.31 Å². The maximum Gasteiger partial charge on any atom is 0.264 e. The summed E-state index contributed by atoms with van der Waals surface area (Å²) in [5.74, 6) is 0. The first-order valence-electron chi connectivity index (χ1n) is 11.6. The molecule has 1 N–H and O–H groups in total. The van der Waals surface area contributed by atoms with Crippen molar-refractivity contribution >= 4 is 15.7 Å². The molecular weight excluding hydrogens is 456 g/mol. The van der Waals surface area contributed by atoms with Crippen LogP contribution in [0, 0.1) is 0 Å². The van der Waals surface area contributed by atoms with Crippen LogP contribution in [-0.2, 0) is 23.1 Å². The van der Waals surface area contributed by atoms with E-state index in [0.717, 1.165) is 11.1 Å². The number of nitrogens with zero attached hydrogens (tertiary/aromatic N) is 2. The van der Waals surface area contributed by atoms with Crippen molar-refractivity contribution in [3.63, 3.8) is 0 Å². The number of benzene rings is 4. The lowest BCUT2D eigenvalue weighted by atomic mass is 10.1. The van der Waals surface area contributed by atoms with Crippen LogP contribution in [0.1, 0.15) is 11.1 Å². The Hall–Kier alpha value is -3.45. The van der Waals surface area contributed by atoms with Gasteiger partial charge in [0.1, 0.15) is 0 Å². The number of hydrogen-bond donors (Lipinski definition) is 1. The number of aliphatic hydroxyl groups is 1. The lowest BCUT2D eigenvalue weighted by Crippen LogP contribution is -2.42. The third-order valence-electron chi connectivity index (χ3n) is 5.72. The second kappa shape index (κ2) is 11.8. The van der Waals surface area contributed by atoms with Gasteiger partial charge in [-0.05, 0) is 35.4 Å². The van der Waals surface area contributed by atoms with Crippen molar-refractivity contribution in [2.75, 3.05) is 17.4 Å². The molecule has 5 nitrogen and oxygen atoms in total. The van der Waals surface area contributed by atoms with Gasteiger partial charge in [-0.2, -0.15) is 0 Å². The lowest BCUT2D eigenvalue weighted by Gasteiger charge is -2.30. The van der Waals surface area contributed by atoms with Gasteiger partial charge in [-0.15, -0.1) is 0 Å². The van der Waals surface area contributed by atoms with Crippen molar-refractivity contribution in [3.8, 4) is 0 Å². The van der Waals surface area contributed by atoms with E-state index in [4.69, 9.17) is 0 Å². The number of hydrogen-bond acceptors (Lipinski definition) is 4. The van der Waals surface area contributed by atoms with E-state index in [9.17, 15) is 13.5 Å². The summed E-state index contributed by atoms with van der Waals surface area (Å²) in [5, 5.41) is 11.2.